The van der Waals surface area contributed by atoms with Crippen LogP contribution in [0.1, 0.15) is 25.8 Å². The minimum absolute atomic E-state index is 0.0344. The average molecular weight is 240 g/mol. The van der Waals surface area contributed by atoms with Crippen LogP contribution in [0.5, 0.6) is 5.75 Å². The maximum absolute atomic E-state index is 13.1. The van der Waals surface area contributed by atoms with E-state index in [1.165, 1.54) is 19.2 Å². The Labute approximate surface area is 100 Å². The highest BCUT2D eigenvalue weighted by Gasteiger charge is 2.24. The summed E-state index contributed by atoms with van der Waals surface area (Å²) in [6, 6.07) is 4.27. The summed E-state index contributed by atoms with van der Waals surface area (Å²) in [6.45, 7) is 3.68. The summed E-state index contributed by atoms with van der Waals surface area (Å²) in [5, 5.41) is 8.80. The van der Waals surface area contributed by atoms with Crippen LogP contribution < -0.4 is 4.74 Å². The van der Waals surface area contributed by atoms with Crippen LogP contribution in [-0.4, -0.2) is 18.2 Å². The van der Waals surface area contributed by atoms with Crippen LogP contribution in [0.25, 0.3) is 0 Å². The maximum Gasteiger partial charge on any atom is 0.303 e. The molecular formula is C13H17FO3. The first-order chi connectivity index (χ1) is 7.84. The number of rotatable bonds is 5. The van der Waals surface area contributed by atoms with Crippen molar-refractivity contribution in [2.45, 2.75) is 26.7 Å². The third kappa shape index (κ3) is 4.06. The van der Waals surface area contributed by atoms with Gasteiger partial charge in [-0.05, 0) is 35.6 Å². The Kier molecular flexibility index (Phi) is 4.10. The largest absolute Gasteiger partial charge is 0.496 e. The molecule has 94 valence electrons. The first-order valence-corrected chi connectivity index (χ1v) is 5.38. The number of hydrogen-bond donors (Lipinski definition) is 1. The van der Waals surface area contributed by atoms with Crippen molar-refractivity contribution in [1.82, 2.24) is 0 Å². The topological polar surface area (TPSA) is 46.5 Å². The van der Waals surface area contributed by atoms with Gasteiger partial charge in [0.15, 0.2) is 0 Å². The number of carboxylic acid groups (broad SMARTS) is 1. The molecule has 0 aliphatic heterocycles. The van der Waals surface area contributed by atoms with Crippen molar-refractivity contribution in [2.24, 2.45) is 5.41 Å². The number of methoxy groups -OCH3 is 1. The summed E-state index contributed by atoms with van der Waals surface area (Å²) >= 11 is 0. The van der Waals surface area contributed by atoms with Crippen LogP contribution in [-0.2, 0) is 11.2 Å². The molecule has 0 aliphatic rings. The highest BCUT2D eigenvalue weighted by Crippen LogP contribution is 2.30. The fourth-order valence-corrected chi connectivity index (χ4v) is 1.87. The van der Waals surface area contributed by atoms with Gasteiger partial charge in [0.05, 0.1) is 13.5 Å². The van der Waals surface area contributed by atoms with Gasteiger partial charge in [-0.2, -0.15) is 0 Å². The van der Waals surface area contributed by atoms with Crippen molar-refractivity contribution in [3.63, 3.8) is 0 Å². The van der Waals surface area contributed by atoms with Crippen LogP contribution in [0.3, 0.4) is 0 Å². The second kappa shape index (κ2) is 5.17. The van der Waals surface area contributed by atoms with E-state index in [2.05, 4.69) is 0 Å². The lowest BCUT2D eigenvalue weighted by Crippen LogP contribution is -2.20. The Hall–Kier alpha value is -1.58. The smallest absolute Gasteiger partial charge is 0.303 e. The molecule has 3 nitrogen and oxygen atoms in total. The first kappa shape index (κ1) is 13.5. The number of hydrogen-bond acceptors (Lipinski definition) is 2. The molecule has 0 atom stereocenters. The molecule has 1 aromatic rings. The summed E-state index contributed by atoms with van der Waals surface area (Å²) in [5.74, 6) is -0.609. The molecule has 0 spiro atoms. The van der Waals surface area contributed by atoms with E-state index >= 15 is 0 Å². The van der Waals surface area contributed by atoms with Crippen LogP contribution in [0.15, 0.2) is 18.2 Å². The molecule has 0 radical (unpaired) electrons. The van der Waals surface area contributed by atoms with E-state index in [4.69, 9.17) is 9.84 Å². The average Bonchev–Trinajstić information content (AvgIpc) is 2.14. The van der Waals surface area contributed by atoms with Crippen molar-refractivity contribution >= 4 is 5.97 Å². The summed E-state index contributed by atoms with van der Waals surface area (Å²) in [4.78, 5) is 10.7. The molecule has 4 heteroatoms. The number of benzene rings is 1. The Balaban J connectivity index is 2.93. The van der Waals surface area contributed by atoms with Crippen molar-refractivity contribution in [3.8, 4) is 5.75 Å². The molecule has 0 aromatic heterocycles. The van der Waals surface area contributed by atoms with Crippen molar-refractivity contribution < 1.29 is 19.0 Å². The molecular weight excluding hydrogens is 223 g/mol. The van der Waals surface area contributed by atoms with Gasteiger partial charge in [-0.1, -0.05) is 13.8 Å². The zero-order valence-electron chi connectivity index (χ0n) is 10.3. The third-order valence-corrected chi connectivity index (χ3v) is 2.54. The lowest BCUT2D eigenvalue weighted by atomic mass is 9.82. The molecule has 17 heavy (non-hydrogen) atoms. The molecule has 1 N–H and O–H groups in total. The Morgan fingerprint density at radius 2 is 2.12 bits per heavy atom. The summed E-state index contributed by atoms with van der Waals surface area (Å²) in [6.07, 6.45) is 0.493. The zero-order chi connectivity index (χ0) is 13.1. The number of halogens is 1. The van der Waals surface area contributed by atoms with Gasteiger partial charge in [-0.25, -0.2) is 4.39 Å². The van der Waals surface area contributed by atoms with E-state index in [1.807, 2.05) is 13.8 Å². The monoisotopic (exact) mass is 240 g/mol. The van der Waals surface area contributed by atoms with Gasteiger partial charge in [0, 0.05) is 0 Å². The van der Waals surface area contributed by atoms with Gasteiger partial charge in [-0.15, -0.1) is 0 Å². The highest BCUT2D eigenvalue weighted by atomic mass is 19.1. The van der Waals surface area contributed by atoms with Crippen molar-refractivity contribution in [2.75, 3.05) is 7.11 Å². The van der Waals surface area contributed by atoms with E-state index in [-0.39, 0.29) is 12.2 Å². The van der Waals surface area contributed by atoms with E-state index < -0.39 is 11.4 Å². The fourth-order valence-electron chi connectivity index (χ4n) is 1.87. The number of ether oxygens (including phenoxy) is 1. The molecule has 0 aliphatic carbocycles. The molecule has 0 saturated heterocycles. The summed E-state index contributed by atoms with van der Waals surface area (Å²) < 4.78 is 18.3. The predicted octanol–water partition coefficient (Wildman–Crippen LogP) is 2.88. The van der Waals surface area contributed by atoms with E-state index in [9.17, 15) is 9.18 Å². The van der Waals surface area contributed by atoms with Crippen LogP contribution in [0, 0.1) is 11.2 Å². The maximum atomic E-state index is 13.1. The Morgan fingerprint density at radius 3 is 2.65 bits per heavy atom. The van der Waals surface area contributed by atoms with Crippen LogP contribution in [0.2, 0.25) is 0 Å². The van der Waals surface area contributed by atoms with Gasteiger partial charge >= 0.3 is 5.97 Å². The second-order valence-corrected chi connectivity index (χ2v) is 4.87. The third-order valence-electron chi connectivity index (χ3n) is 2.54. The quantitative estimate of drug-likeness (QED) is 0.860. The minimum Gasteiger partial charge on any atom is -0.496 e. The van der Waals surface area contributed by atoms with Gasteiger partial charge in [-0.3, -0.25) is 4.79 Å². The van der Waals surface area contributed by atoms with E-state index in [0.717, 1.165) is 0 Å². The SMILES string of the molecule is COc1ccc(F)cc1CC(C)(C)CC(=O)O. The van der Waals surface area contributed by atoms with E-state index in [0.29, 0.717) is 17.7 Å². The molecule has 0 fully saturated rings. The second-order valence-electron chi connectivity index (χ2n) is 4.87. The number of carbonyl (C=O) groups is 1. The molecule has 0 heterocycles. The number of carboxylic acids is 1. The molecule has 0 unspecified atom stereocenters. The molecule has 1 aromatic carbocycles. The molecule has 1 rings (SSSR count). The highest BCUT2D eigenvalue weighted by molar-refractivity contribution is 5.67. The fraction of sp³-hybridized carbons (Fsp3) is 0.462. The number of aliphatic carboxylic acids is 1. The molecule has 0 amide bonds. The summed E-state index contributed by atoms with van der Waals surface area (Å²) in [5.41, 5.74) is 0.256. The van der Waals surface area contributed by atoms with Gasteiger partial charge in [0.1, 0.15) is 11.6 Å². The minimum atomic E-state index is -0.856. The lowest BCUT2D eigenvalue weighted by Gasteiger charge is -2.23. The van der Waals surface area contributed by atoms with Gasteiger partial charge in [0.25, 0.3) is 0 Å². The normalized spacial score (nSPS) is 11.3. The predicted molar refractivity (Wildman–Crippen MR) is 62.7 cm³/mol. The molecule has 0 saturated carbocycles. The standard InChI is InChI=1S/C13H17FO3/c1-13(2,8-12(15)16)7-9-6-10(14)4-5-11(9)17-3/h4-6H,7-8H2,1-3H3,(H,15,16). The van der Waals surface area contributed by atoms with Gasteiger partial charge in [0.2, 0.25) is 0 Å². The van der Waals surface area contributed by atoms with E-state index in [1.54, 1.807) is 6.07 Å². The first-order valence-electron chi connectivity index (χ1n) is 5.38. The Bertz CT molecular complexity index is 413. The van der Waals surface area contributed by atoms with Crippen LogP contribution >= 0.6 is 0 Å². The van der Waals surface area contributed by atoms with Gasteiger partial charge < -0.3 is 9.84 Å². The lowest BCUT2D eigenvalue weighted by molar-refractivity contribution is -0.139. The van der Waals surface area contributed by atoms with Crippen LogP contribution in [0.4, 0.5) is 4.39 Å². The van der Waals surface area contributed by atoms with Crippen molar-refractivity contribution in [1.29, 1.82) is 0 Å². The molecule has 0 bridgehead atoms. The summed E-state index contributed by atoms with van der Waals surface area (Å²) in [7, 11) is 1.51. The zero-order valence-corrected chi connectivity index (χ0v) is 10.3. The van der Waals surface area contributed by atoms with Crippen molar-refractivity contribution in [3.05, 3.63) is 29.6 Å². The Morgan fingerprint density at radius 1 is 1.47 bits per heavy atom.